The van der Waals surface area contributed by atoms with Gasteiger partial charge in [0.1, 0.15) is 0 Å². The monoisotopic (exact) mass is 380 g/mol. The van der Waals surface area contributed by atoms with Crippen LogP contribution in [0.1, 0.15) is 32.0 Å². The molecule has 1 aromatic carbocycles. The fourth-order valence-corrected chi connectivity index (χ4v) is 2.56. The van der Waals surface area contributed by atoms with E-state index in [0.29, 0.717) is 16.3 Å². The van der Waals surface area contributed by atoms with Crippen LogP contribution in [0.4, 0.5) is 5.69 Å². The van der Waals surface area contributed by atoms with E-state index in [1.807, 2.05) is 25.1 Å². The third kappa shape index (κ3) is 4.89. The molecule has 0 spiro atoms. The molecule has 0 aliphatic heterocycles. The second-order valence-corrected chi connectivity index (χ2v) is 6.32. The van der Waals surface area contributed by atoms with Crippen molar-refractivity contribution < 1.29 is 9.59 Å². The van der Waals surface area contributed by atoms with E-state index in [-0.39, 0.29) is 23.9 Å². The van der Waals surface area contributed by atoms with Gasteiger partial charge >= 0.3 is 0 Å². The van der Waals surface area contributed by atoms with Gasteiger partial charge in [-0.1, -0.05) is 23.7 Å². The summed E-state index contributed by atoms with van der Waals surface area (Å²) in [6.07, 6.45) is 4.48. The van der Waals surface area contributed by atoms with Crippen molar-refractivity contribution >= 4 is 29.1 Å². The van der Waals surface area contributed by atoms with Crippen LogP contribution in [-0.2, 0) is 6.54 Å². The number of carbonyl (C=O) groups is 2. The molecule has 0 radical (unpaired) electrons. The first-order chi connectivity index (χ1) is 13.0. The second-order valence-electron chi connectivity index (χ2n) is 5.88. The number of nitrogens with one attached hydrogen (secondary N) is 2. The summed E-state index contributed by atoms with van der Waals surface area (Å²) in [5.41, 5.74) is 2.80. The maximum absolute atomic E-state index is 12.5. The van der Waals surface area contributed by atoms with Crippen molar-refractivity contribution in [1.82, 2.24) is 15.3 Å². The summed E-state index contributed by atoms with van der Waals surface area (Å²) in [5, 5.41) is 6.07. The molecule has 0 unspecified atom stereocenters. The van der Waals surface area contributed by atoms with Crippen molar-refractivity contribution in [2.75, 3.05) is 5.32 Å². The van der Waals surface area contributed by atoms with Gasteiger partial charge in [-0.15, -0.1) is 0 Å². The van der Waals surface area contributed by atoms with E-state index < -0.39 is 0 Å². The first-order valence-electron chi connectivity index (χ1n) is 8.23. The Balaban J connectivity index is 1.69. The number of carbonyl (C=O) groups excluding carboxylic acids is 2. The van der Waals surface area contributed by atoms with Gasteiger partial charge in [0, 0.05) is 29.3 Å². The summed E-state index contributed by atoms with van der Waals surface area (Å²) in [4.78, 5) is 33.0. The highest BCUT2D eigenvalue weighted by atomic mass is 35.5. The van der Waals surface area contributed by atoms with Crippen molar-refractivity contribution in [3.63, 3.8) is 0 Å². The van der Waals surface area contributed by atoms with Gasteiger partial charge < -0.3 is 10.6 Å². The molecule has 27 heavy (non-hydrogen) atoms. The lowest BCUT2D eigenvalue weighted by Crippen LogP contribution is -2.24. The van der Waals surface area contributed by atoms with Crippen LogP contribution < -0.4 is 10.6 Å². The van der Waals surface area contributed by atoms with Gasteiger partial charge in [0.2, 0.25) is 0 Å². The third-order valence-electron chi connectivity index (χ3n) is 3.87. The highest BCUT2D eigenvalue weighted by Crippen LogP contribution is 2.21. The molecular weight excluding hydrogens is 364 g/mol. The highest BCUT2D eigenvalue weighted by molar-refractivity contribution is 6.31. The predicted octanol–water partition coefficient (Wildman–Crippen LogP) is 3.62. The van der Waals surface area contributed by atoms with Gasteiger partial charge in [-0.2, -0.15) is 0 Å². The summed E-state index contributed by atoms with van der Waals surface area (Å²) in [6, 6.07) is 12.2. The Kier molecular flexibility index (Phi) is 5.78. The summed E-state index contributed by atoms with van der Waals surface area (Å²) in [6.45, 7) is 2.16. The van der Waals surface area contributed by atoms with Gasteiger partial charge in [-0.05, 0) is 42.8 Å². The number of nitrogens with zero attached hydrogens (tertiary/aromatic N) is 2. The molecule has 0 atom stereocenters. The van der Waals surface area contributed by atoms with Crippen LogP contribution in [0.15, 0.2) is 61.1 Å². The Morgan fingerprint density at radius 1 is 1.04 bits per heavy atom. The molecule has 0 saturated carbocycles. The fourth-order valence-electron chi connectivity index (χ4n) is 2.39. The van der Waals surface area contributed by atoms with E-state index in [9.17, 15) is 9.59 Å². The maximum atomic E-state index is 12.5. The lowest BCUT2D eigenvalue weighted by atomic mass is 10.1. The van der Waals surface area contributed by atoms with E-state index in [4.69, 9.17) is 11.6 Å². The molecule has 2 aromatic heterocycles. The largest absolute Gasteiger partial charge is 0.346 e. The van der Waals surface area contributed by atoms with Gasteiger partial charge in [0.15, 0.2) is 0 Å². The van der Waals surface area contributed by atoms with Crippen molar-refractivity contribution in [3.05, 3.63) is 88.5 Å². The summed E-state index contributed by atoms with van der Waals surface area (Å²) < 4.78 is 0. The Hall–Kier alpha value is -3.25. The van der Waals surface area contributed by atoms with E-state index in [2.05, 4.69) is 20.6 Å². The van der Waals surface area contributed by atoms with Crippen LogP contribution in [0.2, 0.25) is 5.02 Å². The summed E-state index contributed by atoms with van der Waals surface area (Å²) >= 11 is 5.98. The van der Waals surface area contributed by atoms with Crippen LogP contribution in [-0.4, -0.2) is 21.8 Å². The predicted molar refractivity (Wildman–Crippen MR) is 104 cm³/mol. The minimum Gasteiger partial charge on any atom is -0.346 e. The van der Waals surface area contributed by atoms with Crippen molar-refractivity contribution in [2.45, 2.75) is 13.5 Å². The van der Waals surface area contributed by atoms with E-state index in [1.54, 1.807) is 24.4 Å². The third-order valence-corrected chi connectivity index (χ3v) is 4.10. The van der Waals surface area contributed by atoms with Crippen molar-refractivity contribution in [2.24, 2.45) is 0 Å². The van der Waals surface area contributed by atoms with Crippen molar-refractivity contribution in [1.29, 1.82) is 0 Å². The number of amides is 2. The molecule has 136 valence electrons. The smallest absolute Gasteiger partial charge is 0.257 e. The maximum Gasteiger partial charge on any atom is 0.257 e. The minimum absolute atomic E-state index is 0.278. The van der Waals surface area contributed by atoms with Crippen molar-refractivity contribution in [3.8, 4) is 0 Å². The zero-order chi connectivity index (χ0) is 19.2. The van der Waals surface area contributed by atoms with E-state index >= 15 is 0 Å². The number of aryl methyl sites for hydroxylation is 1. The zero-order valence-corrected chi connectivity index (χ0v) is 15.3. The Morgan fingerprint density at radius 2 is 1.81 bits per heavy atom. The van der Waals surface area contributed by atoms with Crippen LogP contribution in [0, 0.1) is 6.92 Å². The minimum atomic E-state index is -0.368. The number of hydrogen-bond donors (Lipinski definition) is 2. The first kappa shape index (κ1) is 18.5. The quantitative estimate of drug-likeness (QED) is 0.708. The standard InChI is InChI=1S/C20H17ClN4O2/c1-13-5-6-16(21)9-18(13)25-20(27)15-8-14(10-22-11-15)19(26)24-12-17-4-2-3-7-23-17/h2-11H,12H2,1H3,(H,24,26)(H,25,27). The number of anilines is 1. The number of rotatable bonds is 5. The lowest BCUT2D eigenvalue weighted by Gasteiger charge is -2.10. The van der Waals surface area contributed by atoms with Crippen LogP contribution >= 0.6 is 11.6 Å². The second kappa shape index (κ2) is 8.42. The topological polar surface area (TPSA) is 84.0 Å². The van der Waals surface area contributed by atoms with Crippen LogP contribution in [0.5, 0.6) is 0 Å². The molecule has 2 N–H and O–H groups in total. The number of aromatic nitrogens is 2. The molecule has 0 saturated heterocycles. The molecule has 2 amide bonds. The molecule has 6 nitrogen and oxygen atoms in total. The molecule has 0 bridgehead atoms. The van der Waals surface area contributed by atoms with E-state index in [0.717, 1.165) is 11.3 Å². The Bertz CT molecular complexity index is 977. The molecule has 0 aliphatic carbocycles. The summed E-state index contributed by atoms with van der Waals surface area (Å²) in [5.74, 6) is -0.700. The number of halogens is 1. The molecule has 3 rings (SSSR count). The van der Waals surface area contributed by atoms with Crippen LogP contribution in [0.25, 0.3) is 0 Å². The van der Waals surface area contributed by atoms with Gasteiger partial charge in [0.25, 0.3) is 11.8 Å². The molecular formula is C20H17ClN4O2. The molecule has 0 aliphatic rings. The zero-order valence-electron chi connectivity index (χ0n) is 14.6. The van der Waals surface area contributed by atoms with E-state index in [1.165, 1.54) is 18.5 Å². The van der Waals surface area contributed by atoms with Gasteiger partial charge in [-0.3, -0.25) is 19.6 Å². The SMILES string of the molecule is Cc1ccc(Cl)cc1NC(=O)c1cncc(C(=O)NCc2ccccn2)c1. The number of benzene rings is 1. The number of pyridine rings is 2. The number of hydrogen-bond acceptors (Lipinski definition) is 4. The van der Waals surface area contributed by atoms with Gasteiger partial charge in [-0.25, -0.2) is 0 Å². The lowest BCUT2D eigenvalue weighted by molar-refractivity contribution is 0.0950. The first-order valence-corrected chi connectivity index (χ1v) is 8.61. The molecule has 3 aromatic rings. The van der Waals surface area contributed by atoms with Gasteiger partial charge in [0.05, 0.1) is 23.4 Å². The highest BCUT2D eigenvalue weighted by Gasteiger charge is 2.13. The summed E-state index contributed by atoms with van der Waals surface area (Å²) in [7, 11) is 0. The molecule has 0 fully saturated rings. The Labute approximate surface area is 161 Å². The molecule has 7 heteroatoms. The average Bonchev–Trinajstić information content (AvgIpc) is 2.69. The normalized spacial score (nSPS) is 10.3. The Morgan fingerprint density at radius 3 is 2.56 bits per heavy atom. The average molecular weight is 381 g/mol. The fraction of sp³-hybridized carbons (Fsp3) is 0.100. The van der Waals surface area contributed by atoms with Crippen LogP contribution in [0.3, 0.4) is 0 Å². The molecule has 2 heterocycles.